The average Bonchev–Trinajstić information content (AvgIpc) is 2.86. The van der Waals surface area contributed by atoms with Gasteiger partial charge in [-0.1, -0.05) is 6.07 Å². The van der Waals surface area contributed by atoms with Crippen LogP contribution in [0.4, 0.5) is 0 Å². The van der Waals surface area contributed by atoms with E-state index in [0.29, 0.717) is 12.2 Å². The maximum atomic E-state index is 11.2. The Kier molecular flexibility index (Phi) is 4.15. The zero-order chi connectivity index (χ0) is 14.9. The fourth-order valence-electron chi connectivity index (χ4n) is 2.64. The van der Waals surface area contributed by atoms with Gasteiger partial charge in [-0.05, 0) is 26.1 Å². The lowest BCUT2D eigenvalue weighted by molar-refractivity contribution is -0.143. The molecule has 3 N–H and O–H groups in total. The molecule has 0 radical (unpaired) electrons. The van der Waals surface area contributed by atoms with Crippen molar-refractivity contribution in [1.82, 2.24) is 4.90 Å². The van der Waals surface area contributed by atoms with Crippen molar-refractivity contribution in [3.63, 3.8) is 0 Å². The summed E-state index contributed by atoms with van der Waals surface area (Å²) in [6.07, 6.45) is 0. The van der Waals surface area contributed by atoms with E-state index >= 15 is 0 Å². The minimum Gasteiger partial charge on any atom is -0.507 e. The maximum Gasteiger partial charge on any atom is 0.310 e. The van der Waals surface area contributed by atoms with Crippen LogP contribution in [0.1, 0.15) is 18.5 Å². The number of benzene rings is 1. The summed E-state index contributed by atoms with van der Waals surface area (Å²) in [7, 11) is 1.77. The van der Waals surface area contributed by atoms with Crippen LogP contribution in [0.15, 0.2) is 18.2 Å². The number of phenolic OH excluding ortho intramolecular Hbond substituents is 2. The molecule has 1 fully saturated rings. The Balaban J connectivity index is 2.24. The smallest absolute Gasteiger partial charge is 0.310 e. The Hall–Kier alpha value is -1.79. The first-order valence-corrected chi connectivity index (χ1v) is 6.46. The van der Waals surface area contributed by atoms with Crippen molar-refractivity contribution in [3.05, 3.63) is 23.8 Å². The van der Waals surface area contributed by atoms with Crippen molar-refractivity contribution in [3.8, 4) is 11.5 Å². The number of rotatable bonds is 4. The highest BCUT2D eigenvalue weighted by atomic mass is 16.5. The highest BCUT2D eigenvalue weighted by molar-refractivity contribution is 5.71. The van der Waals surface area contributed by atoms with Crippen molar-refractivity contribution in [2.75, 3.05) is 20.3 Å². The fourth-order valence-corrected chi connectivity index (χ4v) is 2.64. The molecule has 0 bridgehead atoms. The number of carboxylic acid groups (broad SMARTS) is 1. The van der Waals surface area contributed by atoms with Gasteiger partial charge in [0.1, 0.15) is 11.5 Å². The van der Waals surface area contributed by atoms with Crippen LogP contribution in [-0.2, 0) is 9.53 Å². The topological polar surface area (TPSA) is 90.2 Å². The van der Waals surface area contributed by atoms with Crippen LogP contribution in [0.25, 0.3) is 0 Å². The number of carbonyl (C=O) groups is 1. The van der Waals surface area contributed by atoms with Crippen molar-refractivity contribution in [1.29, 1.82) is 0 Å². The number of aromatic hydroxyl groups is 2. The van der Waals surface area contributed by atoms with Crippen molar-refractivity contribution in [2.24, 2.45) is 5.92 Å². The molecule has 3 atom stereocenters. The lowest BCUT2D eigenvalue weighted by Crippen LogP contribution is -2.42. The molecule has 3 unspecified atom stereocenters. The van der Waals surface area contributed by atoms with E-state index in [-0.39, 0.29) is 30.2 Å². The third kappa shape index (κ3) is 2.57. The Morgan fingerprint density at radius 3 is 2.50 bits per heavy atom. The van der Waals surface area contributed by atoms with Gasteiger partial charge in [0.15, 0.2) is 0 Å². The molecular formula is C14H19NO5. The molecule has 1 aromatic carbocycles. The molecule has 0 aromatic heterocycles. The van der Waals surface area contributed by atoms with Crippen molar-refractivity contribution >= 4 is 5.97 Å². The molecule has 1 aromatic rings. The largest absolute Gasteiger partial charge is 0.507 e. The predicted molar refractivity (Wildman–Crippen MR) is 71.7 cm³/mol. The quantitative estimate of drug-likeness (QED) is 0.768. The van der Waals surface area contributed by atoms with E-state index in [1.807, 2.05) is 11.8 Å². The summed E-state index contributed by atoms with van der Waals surface area (Å²) < 4.78 is 5.25. The minimum absolute atomic E-state index is 0.00450. The molecule has 1 aliphatic rings. The summed E-state index contributed by atoms with van der Waals surface area (Å²) in [6.45, 7) is 2.32. The molecule has 2 rings (SSSR count). The first-order valence-electron chi connectivity index (χ1n) is 6.46. The number of ether oxygens (including phenoxy) is 1. The second kappa shape index (κ2) is 5.68. The van der Waals surface area contributed by atoms with Crippen molar-refractivity contribution in [2.45, 2.75) is 19.0 Å². The van der Waals surface area contributed by atoms with Crippen LogP contribution in [0.3, 0.4) is 0 Å². The highest BCUT2D eigenvalue weighted by Gasteiger charge is 2.39. The molecule has 1 saturated heterocycles. The van der Waals surface area contributed by atoms with E-state index in [4.69, 9.17) is 4.74 Å². The Morgan fingerprint density at radius 2 is 1.95 bits per heavy atom. The Bertz CT molecular complexity index is 484. The van der Waals surface area contributed by atoms with Gasteiger partial charge in [0, 0.05) is 12.1 Å². The summed E-state index contributed by atoms with van der Waals surface area (Å²) in [5.74, 6) is -1.51. The zero-order valence-electron chi connectivity index (χ0n) is 11.5. The first-order chi connectivity index (χ1) is 9.43. The second-order valence-corrected chi connectivity index (χ2v) is 5.10. The number of nitrogens with zero attached hydrogens (tertiary/aromatic N) is 1. The number of likely N-dealkylation sites (N-methyl/N-ethyl adjacent to an activating group) is 1. The van der Waals surface area contributed by atoms with Gasteiger partial charge in [0.2, 0.25) is 0 Å². The van der Waals surface area contributed by atoms with Crippen LogP contribution in [0.5, 0.6) is 11.5 Å². The highest BCUT2D eigenvalue weighted by Crippen LogP contribution is 2.37. The van der Waals surface area contributed by atoms with Gasteiger partial charge in [-0.25, -0.2) is 0 Å². The number of aliphatic carboxylic acids is 1. The number of hydrogen-bond donors (Lipinski definition) is 3. The summed E-state index contributed by atoms with van der Waals surface area (Å²) in [5.41, 5.74) is 0.394. The van der Waals surface area contributed by atoms with E-state index in [1.54, 1.807) is 13.1 Å². The van der Waals surface area contributed by atoms with E-state index < -0.39 is 11.9 Å². The summed E-state index contributed by atoms with van der Waals surface area (Å²) in [6, 6.07) is 3.93. The standard InChI is InChI=1S/C14H19NO5/c1-8(13-11(16)4-3-5-12(13)17)15(2)10-7-20-6-9(10)14(18)19/h3-5,8-10,16-17H,6-7H2,1-2H3,(H,18,19). The molecule has 1 heterocycles. The van der Waals surface area contributed by atoms with Crippen LogP contribution < -0.4 is 0 Å². The van der Waals surface area contributed by atoms with Crippen molar-refractivity contribution < 1.29 is 24.9 Å². The summed E-state index contributed by atoms with van der Waals surface area (Å²) in [5, 5.41) is 29.0. The molecule has 0 spiro atoms. The Morgan fingerprint density at radius 1 is 1.35 bits per heavy atom. The molecule has 20 heavy (non-hydrogen) atoms. The van der Waals surface area contributed by atoms with E-state index in [1.165, 1.54) is 12.1 Å². The van der Waals surface area contributed by atoms with Gasteiger partial charge >= 0.3 is 5.97 Å². The lowest BCUT2D eigenvalue weighted by atomic mass is 9.98. The lowest BCUT2D eigenvalue weighted by Gasteiger charge is -2.32. The molecule has 0 amide bonds. The number of hydrogen-bond acceptors (Lipinski definition) is 5. The second-order valence-electron chi connectivity index (χ2n) is 5.10. The van der Waals surface area contributed by atoms with E-state index in [9.17, 15) is 20.1 Å². The van der Waals surface area contributed by atoms with Crippen LogP contribution in [0.2, 0.25) is 0 Å². The average molecular weight is 281 g/mol. The monoisotopic (exact) mass is 281 g/mol. The Labute approximate surface area is 117 Å². The van der Waals surface area contributed by atoms with Gasteiger partial charge in [0.05, 0.1) is 24.7 Å². The molecule has 110 valence electrons. The van der Waals surface area contributed by atoms with Gasteiger partial charge in [0.25, 0.3) is 0 Å². The van der Waals surface area contributed by atoms with Gasteiger partial charge in [-0.2, -0.15) is 0 Å². The molecule has 0 saturated carbocycles. The van der Waals surface area contributed by atoms with Crippen LogP contribution in [-0.4, -0.2) is 52.5 Å². The van der Waals surface area contributed by atoms with E-state index in [2.05, 4.69) is 0 Å². The summed E-state index contributed by atoms with van der Waals surface area (Å²) in [4.78, 5) is 13.0. The minimum atomic E-state index is -0.895. The molecular weight excluding hydrogens is 262 g/mol. The predicted octanol–water partition coefficient (Wildman–Crippen LogP) is 1.19. The number of phenols is 2. The number of carboxylic acids is 1. The maximum absolute atomic E-state index is 11.2. The zero-order valence-corrected chi connectivity index (χ0v) is 11.5. The van der Waals surface area contributed by atoms with Crippen LogP contribution in [0, 0.1) is 5.92 Å². The van der Waals surface area contributed by atoms with Gasteiger partial charge < -0.3 is 20.1 Å². The van der Waals surface area contributed by atoms with Gasteiger partial charge in [-0.3, -0.25) is 9.69 Å². The third-order valence-corrected chi connectivity index (χ3v) is 3.98. The normalized spacial score (nSPS) is 23.9. The molecule has 1 aliphatic heterocycles. The SMILES string of the molecule is CC(c1c(O)cccc1O)N(C)C1COCC1C(=O)O. The molecule has 0 aliphatic carbocycles. The molecule has 6 nitrogen and oxygen atoms in total. The molecule has 6 heteroatoms. The summed E-state index contributed by atoms with van der Waals surface area (Å²) >= 11 is 0. The fraction of sp³-hybridized carbons (Fsp3) is 0.500. The first kappa shape index (κ1) is 14.6. The van der Waals surface area contributed by atoms with E-state index in [0.717, 1.165) is 0 Å². The third-order valence-electron chi connectivity index (χ3n) is 3.98. The van der Waals surface area contributed by atoms with Gasteiger partial charge in [-0.15, -0.1) is 0 Å². The van der Waals surface area contributed by atoms with Crippen LogP contribution >= 0.6 is 0 Å².